The van der Waals surface area contributed by atoms with Crippen molar-refractivity contribution in [3.05, 3.63) is 29.7 Å². The first-order valence-corrected chi connectivity index (χ1v) is 5.11. The van der Waals surface area contributed by atoms with Crippen molar-refractivity contribution in [1.82, 2.24) is 14.6 Å². The van der Waals surface area contributed by atoms with Gasteiger partial charge in [-0.1, -0.05) is 6.92 Å². The Morgan fingerprint density at radius 2 is 2.33 bits per heavy atom. The fourth-order valence-electron chi connectivity index (χ4n) is 1.46. The molecule has 0 aliphatic carbocycles. The zero-order valence-electron chi connectivity index (χ0n) is 9.27. The van der Waals surface area contributed by atoms with E-state index in [0.29, 0.717) is 0 Å². The summed E-state index contributed by atoms with van der Waals surface area (Å²) < 4.78 is 7.05. The minimum Gasteiger partial charge on any atom is -0.377 e. The lowest BCUT2D eigenvalue weighted by atomic mass is 10.2. The van der Waals surface area contributed by atoms with E-state index in [1.165, 1.54) is 0 Å². The highest BCUT2D eigenvalue weighted by atomic mass is 16.5. The number of rotatable bonds is 3. The third-order valence-corrected chi connectivity index (χ3v) is 2.57. The third-order valence-electron chi connectivity index (χ3n) is 2.57. The molecule has 0 saturated carbocycles. The Morgan fingerprint density at radius 3 is 3.00 bits per heavy atom. The fourth-order valence-corrected chi connectivity index (χ4v) is 1.46. The first-order chi connectivity index (χ1) is 7.24. The molecule has 2 aromatic rings. The summed E-state index contributed by atoms with van der Waals surface area (Å²) in [5.74, 6) is 0. The van der Waals surface area contributed by atoms with Crippen molar-refractivity contribution < 1.29 is 4.74 Å². The van der Waals surface area contributed by atoms with Crippen LogP contribution in [0.2, 0.25) is 0 Å². The van der Waals surface area contributed by atoms with Gasteiger partial charge in [-0.3, -0.25) is 0 Å². The van der Waals surface area contributed by atoms with Crippen LogP contribution in [0.3, 0.4) is 0 Å². The molecule has 0 aliphatic heterocycles. The van der Waals surface area contributed by atoms with Gasteiger partial charge in [0, 0.05) is 31.1 Å². The van der Waals surface area contributed by atoms with E-state index in [4.69, 9.17) is 4.74 Å². The summed E-state index contributed by atoms with van der Waals surface area (Å²) in [6.07, 6.45) is 4.79. The van der Waals surface area contributed by atoms with Crippen LogP contribution < -0.4 is 0 Å². The van der Waals surface area contributed by atoms with Gasteiger partial charge in [0.1, 0.15) is 0 Å². The van der Waals surface area contributed by atoms with Crippen LogP contribution in [0.15, 0.2) is 18.5 Å². The zero-order chi connectivity index (χ0) is 10.8. The lowest BCUT2D eigenvalue weighted by Crippen LogP contribution is -2.00. The number of methoxy groups -OCH3 is 1. The molecular formula is C11H15N3O. The van der Waals surface area contributed by atoms with Crippen molar-refractivity contribution in [2.45, 2.75) is 26.4 Å². The minimum absolute atomic E-state index is 0.0520. The quantitative estimate of drug-likeness (QED) is 0.769. The molecule has 0 spiro atoms. The van der Waals surface area contributed by atoms with E-state index < -0.39 is 0 Å². The number of ether oxygens (including phenoxy) is 1. The molecule has 1 atom stereocenters. The molecule has 0 aliphatic rings. The van der Waals surface area contributed by atoms with Crippen molar-refractivity contribution in [2.24, 2.45) is 0 Å². The van der Waals surface area contributed by atoms with Gasteiger partial charge in [0.2, 0.25) is 0 Å². The molecule has 0 amide bonds. The SMILES string of the molecule is CCc1cc2ncc(C(C)OC)cn2n1. The minimum atomic E-state index is 0.0520. The van der Waals surface area contributed by atoms with Gasteiger partial charge in [-0.2, -0.15) is 5.10 Å². The molecule has 2 heterocycles. The molecule has 0 aromatic carbocycles. The summed E-state index contributed by atoms with van der Waals surface area (Å²) in [6, 6.07) is 2.00. The van der Waals surface area contributed by atoms with E-state index in [9.17, 15) is 0 Å². The van der Waals surface area contributed by atoms with E-state index in [0.717, 1.165) is 23.3 Å². The summed E-state index contributed by atoms with van der Waals surface area (Å²) >= 11 is 0. The van der Waals surface area contributed by atoms with Gasteiger partial charge in [-0.25, -0.2) is 9.50 Å². The van der Waals surface area contributed by atoms with Gasteiger partial charge in [0.05, 0.1) is 11.8 Å². The van der Waals surface area contributed by atoms with Crippen molar-refractivity contribution in [3.8, 4) is 0 Å². The zero-order valence-corrected chi connectivity index (χ0v) is 9.27. The molecule has 0 fully saturated rings. The average molecular weight is 205 g/mol. The molecule has 2 aromatic heterocycles. The van der Waals surface area contributed by atoms with Crippen LogP contribution in [0.25, 0.3) is 5.65 Å². The predicted octanol–water partition coefficient (Wildman–Crippen LogP) is 2.00. The van der Waals surface area contributed by atoms with E-state index in [2.05, 4.69) is 17.0 Å². The summed E-state index contributed by atoms with van der Waals surface area (Å²) in [6.45, 7) is 4.08. The van der Waals surface area contributed by atoms with Crippen LogP contribution in [-0.4, -0.2) is 21.7 Å². The summed E-state index contributed by atoms with van der Waals surface area (Å²) in [4.78, 5) is 4.34. The molecule has 2 rings (SSSR count). The Labute approximate surface area is 88.9 Å². The van der Waals surface area contributed by atoms with E-state index in [1.54, 1.807) is 7.11 Å². The molecule has 4 nitrogen and oxygen atoms in total. The number of fused-ring (bicyclic) bond motifs is 1. The highest BCUT2D eigenvalue weighted by molar-refractivity contribution is 5.39. The standard InChI is InChI=1S/C11H15N3O/c1-4-10-5-11-12-6-9(8(2)15-3)7-14(11)13-10/h5-8H,4H2,1-3H3. The maximum absolute atomic E-state index is 5.24. The molecular weight excluding hydrogens is 190 g/mol. The van der Waals surface area contributed by atoms with Crippen molar-refractivity contribution in [1.29, 1.82) is 0 Å². The Bertz CT molecular complexity index is 464. The van der Waals surface area contributed by atoms with Crippen LogP contribution in [0.1, 0.15) is 31.2 Å². The van der Waals surface area contributed by atoms with E-state index >= 15 is 0 Å². The van der Waals surface area contributed by atoms with Crippen LogP contribution >= 0.6 is 0 Å². The molecule has 0 bridgehead atoms. The average Bonchev–Trinajstić information content (AvgIpc) is 2.69. The van der Waals surface area contributed by atoms with Crippen molar-refractivity contribution in [2.75, 3.05) is 7.11 Å². The number of hydrogen-bond acceptors (Lipinski definition) is 3. The highest BCUT2D eigenvalue weighted by Crippen LogP contribution is 2.15. The third kappa shape index (κ3) is 1.85. The molecule has 0 radical (unpaired) electrons. The lowest BCUT2D eigenvalue weighted by Gasteiger charge is -2.08. The second kappa shape index (κ2) is 3.98. The Hall–Kier alpha value is -1.42. The van der Waals surface area contributed by atoms with Gasteiger partial charge in [-0.05, 0) is 13.3 Å². The monoisotopic (exact) mass is 205 g/mol. The normalized spacial score (nSPS) is 13.3. The van der Waals surface area contributed by atoms with E-state index in [1.807, 2.05) is 29.9 Å². The first kappa shape index (κ1) is 10.1. The molecule has 80 valence electrons. The topological polar surface area (TPSA) is 39.4 Å². The Kier molecular flexibility index (Phi) is 2.68. The first-order valence-electron chi connectivity index (χ1n) is 5.11. The largest absolute Gasteiger partial charge is 0.377 e. The molecule has 15 heavy (non-hydrogen) atoms. The lowest BCUT2D eigenvalue weighted by molar-refractivity contribution is 0.119. The number of aromatic nitrogens is 3. The van der Waals surface area contributed by atoms with Gasteiger partial charge in [0.25, 0.3) is 0 Å². The van der Waals surface area contributed by atoms with Crippen LogP contribution in [-0.2, 0) is 11.2 Å². The molecule has 1 unspecified atom stereocenters. The van der Waals surface area contributed by atoms with Crippen LogP contribution in [0.5, 0.6) is 0 Å². The van der Waals surface area contributed by atoms with Crippen molar-refractivity contribution >= 4 is 5.65 Å². The highest BCUT2D eigenvalue weighted by Gasteiger charge is 2.07. The van der Waals surface area contributed by atoms with Gasteiger partial charge < -0.3 is 4.74 Å². The molecule has 0 saturated heterocycles. The maximum Gasteiger partial charge on any atom is 0.155 e. The number of nitrogens with zero attached hydrogens (tertiary/aromatic N) is 3. The van der Waals surface area contributed by atoms with Gasteiger partial charge >= 0.3 is 0 Å². The molecule has 0 N–H and O–H groups in total. The van der Waals surface area contributed by atoms with Crippen LogP contribution in [0, 0.1) is 0 Å². The number of aryl methyl sites for hydroxylation is 1. The summed E-state index contributed by atoms with van der Waals surface area (Å²) in [5.41, 5.74) is 2.99. The summed E-state index contributed by atoms with van der Waals surface area (Å²) in [5, 5.41) is 4.41. The Balaban J connectivity index is 2.45. The van der Waals surface area contributed by atoms with Gasteiger partial charge in [0.15, 0.2) is 5.65 Å². The van der Waals surface area contributed by atoms with Gasteiger partial charge in [-0.15, -0.1) is 0 Å². The smallest absolute Gasteiger partial charge is 0.155 e. The Morgan fingerprint density at radius 1 is 1.53 bits per heavy atom. The second-order valence-electron chi connectivity index (χ2n) is 3.56. The molecule has 4 heteroatoms. The number of hydrogen-bond donors (Lipinski definition) is 0. The van der Waals surface area contributed by atoms with Crippen LogP contribution in [0.4, 0.5) is 0 Å². The predicted molar refractivity (Wildman–Crippen MR) is 57.8 cm³/mol. The van der Waals surface area contributed by atoms with Crippen molar-refractivity contribution in [3.63, 3.8) is 0 Å². The van der Waals surface area contributed by atoms with E-state index in [-0.39, 0.29) is 6.10 Å². The fraction of sp³-hybridized carbons (Fsp3) is 0.455. The summed E-state index contributed by atoms with van der Waals surface area (Å²) in [7, 11) is 1.69. The second-order valence-corrected chi connectivity index (χ2v) is 3.56. The maximum atomic E-state index is 5.24.